The molecule has 0 rings (SSSR count). The van der Waals surface area contributed by atoms with Crippen LogP contribution in [0, 0.1) is 0 Å². The summed E-state index contributed by atoms with van der Waals surface area (Å²) in [5.74, 6) is 0.654. The van der Waals surface area contributed by atoms with Gasteiger partial charge in [-0.1, -0.05) is 6.08 Å². The maximum Gasteiger partial charge on any atom is 0.261 e. The Morgan fingerprint density at radius 2 is 2.00 bits per heavy atom. The molecule has 0 amide bonds. The molecule has 3 heteroatoms. The first-order valence-corrected chi connectivity index (χ1v) is 8.03. The summed E-state index contributed by atoms with van der Waals surface area (Å²) in [5.41, 5.74) is 0. The van der Waals surface area contributed by atoms with Crippen molar-refractivity contribution in [1.29, 1.82) is 0 Å². The lowest BCUT2D eigenvalue weighted by atomic mass is 10.4. The third-order valence-corrected chi connectivity index (χ3v) is 1.96. The van der Waals surface area contributed by atoms with Crippen molar-refractivity contribution in [3.8, 4) is 0 Å². The molecule has 0 saturated carbocycles. The van der Waals surface area contributed by atoms with Crippen LogP contribution in [0.4, 0.5) is 0 Å². The van der Waals surface area contributed by atoms with Crippen molar-refractivity contribution in [3.05, 3.63) is 24.7 Å². The van der Waals surface area contributed by atoms with E-state index in [-0.39, 0.29) is 0 Å². The van der Waals surface area contributed by atoms with Crippen LogP contribution in [-0.4, -0.2) is 14.9 Å². The molecule has 0 saturated heterocycles. The lowest BCUT2D eigenvalue weighted by Gasteiger charge is -2.21. The van der Waals surface area contributed by atoms with Gasteiger partial charge in [-0.3, -0.25) is 0 Å². The van der Waals surface area contributed by atoms with Crippen LogP contribution in [0.3, 0.4) is 0 Å². The molecule has 0 aliphatic carbocycles. The number of hydrogen-bond donors (Lipinski definition) is 0. The smallest absolute Gasteiger partial charge is 0.261 e. The normalized spacial score (nSPS) is 12.5. The fourth-order valence-electron chi connectivity index (χ4n) is 0.754. The summed E-state index contributed by atoms with van der Waals surface area (Å²) >= 11 is 0. The van der Waals surface area contributed by atoms with Gasteiger partial charge in [0.1, 0.15) is 0 Å². The predicted molar refractivity (Wildman–Crippen MR) is 59.0 cm³/mol. The van der Waals surface area contributed by atoms with Gasteiger partial charge in [0.25, 0.3) is 5.95 Å². The van der Waals surface area contributed by atoms with E-state index in [9.17, 15) is 0 Å². The summed E-state index contributed by atoms with van der Waals surface area (Å²) in [5, 5.41) is 0. The SMILES string of the molecule is C=CC/C=C(/OCC)O[Si](C)(C)C. The Balaban J connectivity index is 4.16. The quantitative estimate of drug-likeness (QED) is 0.372. The molecule has 0 aromatic rings. The molecule has 76 valence electrons. The minimum absolute atomic E-state index is 0.646. The Labute approximate surface area is 82.4 Å². The topological polar surface area (TPSA) is 18.5 Å². The second-order valence-corrected chi connectivity index (χ2v) is 8.12. The predicted octanol–water partition coefficient (Wildman–Crippen LogP) is 3.29. The molecule has 0 aliphatic heterocycles. The average molecular weight is 200 g/mol. The number of ether oxygens (including phenoxy) is 1. The van der Waals surface area contributed by atoms with E-state index in [2.05, 4.69) is 26.2 Å². The van der Waals surface area contributed by atoms with Crippen LogP contribution in [0.25, 0.3) is 0 Å². The van der Waals surface area contributed by atoms with Crippen LogP contribution >= 0.6 is 0 Å². The highest BCUT2D eigenvalue weighted by Gasteiger charge is 2.17. The molecule has 0 bridgehead atoms. The van der Waals surface area contributed by atoms with Gasteiger partial charge in [0, 0.05) is 0 Å². The highest BCUT2D eigenvalue weighted by atomic mass is 28.4. The van der Waals surface area contributed by atoms with Crippen LogP contribution in [0.5, 0.6) is 0 Å². The fraction of sp³-hybridized carbons (Fsp3) is 0.600. The number of hydrogen-bond acceptors (Lipinski definition) is 2. The van der Waals surface area contributed by atoms with Crippen LogP contribution in [0.15, 0.2) is 24.7 Å². The minimum atomic E-state index is -1.54. The molecule has 13 heavy (non-hydrogen) atoms. The molecular weight excluding hydrogens is 180 g/mol. The highest BCUT2D eigenvalue weighted by molar-refractivity contribution is 6.69. The molecule has 0 atom stereocenters. The van der Waals surface area contributed by atoms with Crippen LogP contribution in [-0.2, 0) is 9.16 Å². The zero-order chi connectivity index (χ0) is 10.3. The third-order valence-electron chi connectivity index (χ3n) is 1.14. The lowest BCUT2D eigenvalue weighted by molar-refractivity contribution is 0.111. The van der Waals surface area contributed by atoms with Crippen molar-refractivity contribution in [2.75, 3.05) is 6.61 Å². The van der Waals surface area contributed by atoms with Gasteiger partial charge in [-0.2, -0.15) is 0 Å². The first-order chi connectivity index (χ1) is 5.99. The zero-order valence-electron chi connectivity index (χ0n) is 9.09. The molecule has 0 aromatic heterocycles. The van der Waals surface area contributed by atoms with Crippen LogP contribution < -0.4 is 0 Å². The summed E-state index contributed by atoms with van der Waals surface area (Å²) in [6.45, 7) is 12.6. The molecule has 0 radical (unpaired) electrons. The van der Waals surface area contributed by atoms with Gasteiger partial charge < -0.3 is 9.16 Å². The standard InChI is InChI=1S/C10H20O2Si/c1-6-8-9-10(11-7-2)12-13(3,4)5/h6,9H,1,7-8H2,2-5H3/b10-9-. The van der Waals surface area contributed by atoms with Gasteiger partial charge in [0.15, 0.2) is 0 Å². The second kappa shape index (κ2) is 5.86. The van der Waals surface area contributed by atoms with Crippen LogP contribution in [0.2, 0.25) is 19.6 Å². The number of rotatable bonds is 6. The number of allylic oxidation sites excluding steroid dienone is 2. The Bertz CT molecular complexity index is 180. The van der Waals surface area contributed by atoms with E-state index < -0.39 is 8.32 Å². The maximum absolute atomic E-state index is 5.71. The van der Waals surface area contributed by atoms with E-state index in [1.165, 1.54) is 0 Å². The Morgan fingerprint density at radius 1 is 1.38 bits per heavy atom. The van der Waals surface area contributed by atoms with Crippen molar-refractivity contribution in [1.82, 2.24) is 0 Å². The van der Waals surface area contributed by atoms with Gasteiger partial charge >= 0.3 is 0 Å². The molecule has 0 spiro atoms. The van der Waals surface area contributed by atoms with E-state index in [4.69, 9.17) is 9.16 Å². The molecule has 0 fully saturated rings. The van der Waals surface area contributed by atoms with Gasteiger partial charge in [-0.05, 0) is 39.1 Å². The molecule has 0 aliphatic rings. The molecule has 2 nitrogen and oxygen atoms in total. The molecule has 0 aromatic carbocycles. The largest absolute Gasteiger partial charge is 0.520 e. The zero-order valence-corrected chi connectivity index (χ0v) is 10.1. The lowest BCUT2D eigenvalue weighted by Crippen LogP contribution is -2.25. The average Bonchev–Trinajstić information content (AvgIpc) is 1.98. The second-order valence-electron chi connectivity index (χ2n) is 3.69. The first-order valence-electron chi connectivity index (χ1n) is 4.62. The van der Waals surface area contributed by atoms with E-state index in [1.54, 1.807) is 0 Å². The summed E-state index contributed by atoms with van der Waals surface area (Å²) in [6.07, 6.45) is 4.54. The highest BCUT2D eigenvalue weighted by Crippen LogP contribution is 2.12. The maximum atomic E-state index is 5.71. The van der Waals surface area contributed by atoms with Crippen molar-refractivity contribution >= 4 is 8.32 Å². The van der Waals surface area contributed by atoms with E-state index >= 15 is 0 Å². The Morgan fingerprint density at radius 3 is 2.38 bits per heavy atom. The van der Waals surface area contributed by atoms with Crippen molar-refractivity contribution in [2.24, 2.45) is 0 Å². The molecule has 0 heterocycles. The monoisotopic (exact) mass is 200 g/mol. The summed E-state index contributed by atoms with van der Waals surface area (Å²) in [6, 6.07) is 0. The fourth-order valence-corrected chi connectivity index (χ4v) is 1.50. The summed E-state index contributed by atoms with van der Waals surface area (Å²) in [4.78, 5) is 0. The van der Waals surface area contributed by atoms with Crippen molar-refractivity contribution < 1.29 is 9.16 Å². The van der Waals surface area contributed by atoms with Crippen LogP contribution in [0.1, 0.15) is 13.3 Å². The van der Waals surface area contributed by atoms with Gasteiger partial charge in [0.2, 0.25) is 8.32 Å². The van der Waals surface area contributed by atoms with E-state index in [0.717, 1.165) is 6.42 Å². The summed E-state index contributed by atoms with van der Waals surface area (Å²) < 4.78 is 11.1. The minimum Gasteiger partial charge on any atom is -0.520 e. The van der Waals surface area contributed by atoms with Crippen molar-refractivity contribution in [2.45, 2.75) is 33.0 Å². The Hall–Kier alpha value is -0.703. The summed E-state index contributed by atoms with van der Waals surface area (Å²) in [7, 11) is -1.54. The molecule has 0 unspecified atom stereocenters. The van der Waals surface area contributed by atoms with Crippen molar-refractivity contribution in [3.63, 3.8) is 0 Å². The van der Waals surface area contributed by atoms with E-state index in [0.29, 0.717) is 12.6 Å². The van der Waals surface area contributed by atoms with Gasteiger partial charge in [-0.25, -0.2) is 0 Å². The van der Waals surface area contributed by atoms with E-state index in [1.807, 2.05) is 19.1 Å². The van der Waals surface area contributed by atoms with Gasteiger partial charge in [0.05, 0.1) is 6.61 Å². The molecule has 0 N–H and O–H groups in total. The van der Waals surface area contributed by atoms with Gasteiger partial charge in [-0.15, -0.1) is 6.58 Å². The first kappa shape index (κ1) is 12.3. The Kier molecular flexibility index (Phi) is 5.54. The third kappa shape index (κ3) is 7.65. The molecular formula is C10H20O2Si.